The van der Waals surface area contributed by atoms with Gasteiger partial charge in [-0.2, -0.15) is 0 Å². The van der Waals surface area contributed by atoms with Crippen LogP contribution in [0.2, 0.25) is 0 Å². The van der Waals surface area contributed by atoms with Gasteiger partial charge in [0.2, 0.25) is 5.91 Å². The summed E-state index contributed by atoms with van der Waals surface area (Å²) in [4.78, 5) is 25.9. The Morgan fingerprint density at radius 3 is 2.38 bits per heavy atom. The molecule has 2 rings (SSSR count). The number of nitrogens with zero attached hydrogens (tertiary/aromatic N) is 1. The van der Waals surface area contributed by atoms with Gasteiger partial charge in [0, 0.05) is 24.3 Å². The van der Waals surface area contributed by atoms with Crippen LogP contribution in [0.25, 0.3) is 0 Å². The molecule has 0 fully saturated rings. The van der Waals surface area contributed by atoms with E-state index >= 15 is 0 Å². The molecule has 1 N–H and O–H groups in total. The fourth-order valence-electron chi connectivity index (χ4n) is 2.43. The van der Waals surface area contributed by atoms with Gasteiger partial charge in [-0.05, 0) is 37.1 Å². The number of halogens is 1. The van der Waals surface area contributed by atoms with Gasteiger partial charge in [0.05, 0.1) is 0 Å². The lowest BCUT2D eigenvalue weighted by Crippen LogP contribution is -2.35. The van der Waals surface area contributed by atoms with Gasteiger partial charge in [-0.1, -0.05) is 36.4 Å². The predicted molar refractivity (Wildman–Crippen MR) is 97.6 cm³/mol. The summed E-state index contributed by atoms with van der Waals surface area (Å²) in [5, 5.41) is 2.72. The number of aryl methyl sites for hydroxylation is 1. The SMILES string of the molecule is Cc1ccccc1C(=O)N(CCCNC(=O)CCl)c1ccccc1. The van der Waals surface area contributed by atoms with E-state index in [1.165, 1.54) is 0 Å². The fourth-order valence-corrected chi connectivity index (χ4v) is 2.52. The van der Waals surface area contributed by atoms with Crippen molar-refractivity contribution in [1.29, 1.82) is 0 Å². The molecule has 0 aliphatic heterocycles. The van der Waals surface area contributed by atoms with E-state index in [-0.39, 0.29) is 17.7 Å². The molecule has 126 valence electrons. The van der Waals surface area contributed by atoms with Gasteiger partial charge in [-0.15, -0.1) is 11.6 Å². The number of carbonyl (C=O) groups excluding carboxylic acids is 2. The molecule has 0 heterocycles. The normalized spacial score (nSPS) is 10.2. The molecule has 0 saturated carbocycles. The zero-order valence-corrected chi connectivity index (χ0v) is 14.4. The number of benzene rings is 2. The zero-order valence-electron chi connectivity index (χ0n) is 13.7. The van der Waals surface area contributed by atoms with Crippen LogP contribution < -0.4 is 10.2 Å². The average Bonchev–Trinajstić information content (AvgIpc) is 2.62. The molecule has 0 aromatic heterocycles. The van der Waals surface area contributed by atoms with Crippen LogP contribution in [0.15, 0.2) is 54.6 Å². The largest absolute Gasteiger partial charge is 0.355 e. The van der Waals surface area contributed by atoms with Crippen LogP contribution in [0.3, 0.4) is 0 Å². The third kappa shape index (κ3) is 4.83. The Labute approximate surface area is 147 Å². The van der Waals surface area contributed by atoms with E-state index in [2.05, 4.69) is 5.32 Å². The first-order valence-corrected chi connectivity index (χ1v) is 8.42. The Hall–Kier alpha value is -2.33. The highest BCUT2D eigenvalue weighted by Gasteiger charge is 2.18. The van der Waals surface area contributed by atoms with Gasteiger partial charge in [0.1, 0.15) is 5.88 Å². The number of hydrogen-bond donors (Lipinski definition) is 1. The summed E-state index contributed by atoms with van der Waals surface area (Å²) in [6, 6.07) is 17.1. The topological polar surface area (TPSA) is 49.4 Å². The first-order chi connectivity index (χ1) is 11.6. The lowest BCUT2D eigenvalue weighted by atomic mass is 10.1. The van der Waals surface area contributed by atoms with Gasteiger partial charge in [-0.25, -0.2) is 0 Å². The summed E-state index contributed by atoms with van der Waals surface area (Å²) < 4.78 is 0. The number of para-hydroxylation sites is 1. The van der Waals surface area contributed by atoms with Gasteiger partial charge in [-0.3, -0.25) is 9.59 Å². The molecule has 2 aromatic rings. The Morgan fingerprint density at radius 2 is 1.71 bits per heavy atom. The molecule has 0 saturated heterocycles. The van der Waals surface area contributed by atoms with E-state index in [1.54, 1.807) is 4.90 Å². The van der Waals surface area contributed by atoms with Crippen molar-refractivity contribution in [2.45, 2.75) is 13.3 Å². The summed E-state index contributed by atoms with van der Waals surface area (Å²) in [5.41, 5.74) is 2.47. The second kappa shape index (κ2) is 9.08. The summed E-state index contributed by atoms with van der Waals surface area (Å²) in [7, 11) is 0. The maximum absolute atomic E-state index is 13.0. The molecule has 0 aliphatic carbocycles. The third-order valence-electron chi connectivity index (χ3n) is 3.69. The summed E-state index contributed by atoms with van der Waals surface area (Å²) >= 11 is 5.46. The van der Waals surface area contributed by atoms with Crippen molar-refractivity contribution in [1.82, 2.24) is 5.32 Å². The molecule has 2 amide bonds. The van der Waals surface area contributed by atoms with E-state index in [4.69, 9.17) is 11.6 Å². The third-order valence-corrected chi connectivity index (χ3v) is 3.93. The second-order valence-corrected chi connectivity index (χ2v) is 5.71. The molecular weight excluding hydrogens is 324 g/mol. The Kier molecular flexibility index (Phi) is 6.82. The minimum Gasteiger partial charge on any atom is -0.355 e. The lowest BCUT2D eigenvalue weighted by Gasteiger charge is -2.24. The molecular formula is C19H21ClN2O2. The smallest absolute Gasteiger partial charge is 0.258 e. The average molecular weight is 345 g/mol. The first kappa shape index (κ1) is 18.0. The molecule has 2 aromatic carbocycles. The maximum atomic E-state index is 13.0. The zero-order chi connectivity index (χ0) is 17.4. The van der Waals surface area contributed by atoms with Crippen molar-refractivity contribution in [3.05, 3.63) is 65.7 Å². The Balaban J connectivity index is 2.13. The number of carbonyl (C=O) groups is 2. The van der Waals surface area contributed by atoms with E-state index in [9.17, 15) is 9.59 Å². The number of rotatable bonds is 7. The van der Waals surface area contributed by atoms with Crippen LogP contribution in [-0.2, 0) is 4.79 Å². The summed E-state index contributed by atoms with van der Waals surface area (Å²) in [5.74, 6) is -0.291. The van der Waals surface area contributed by atoms with Crippen molar-refractivity contribution in [2.75, 3.05) is 23.9 Å². The minimum absolute atomic E-state index is 0.0389. The maximum Gasteiger partial charge on any atom is 0.258 e. The number of hydrogen-bond acceptors (Lipinski definition) is 2. The van der Waals surface area contributed by atoms with E-state index in [0.29, 0.717) is 25.1 Å². The number of amides is 2. The minimum atomic E-state index is -0.201. The molecule has 0 radical (unpaired) electrons. The molecule has 0 unspecified atom stereocenters. The molecule has 5 heteroatoms. The standard InChI is InChI=1S/C19H21ClN2O2/c1-15-8-5-6-11-17(15)19(24)22(16-9-3-2-4-10-16)13-7-12-21-18(23)14-20/h2-6,8-11H,7,12-14H2,1H3,(H,21,23). The van der Waals surface area contributed by atoms with E-state index < -0.39 is 0 Å². The molecule has 24 heavy (non-hydrogen) atoms. The Morgan fingerprint density at radius 1 is 1.04 bits per heavy atom. The van der Waals surface area contributed by atoms with Gasteiger partial charge in [0.25, 0.3) is 5.91 Å². The molecule has 0 aliphatic rings. The summed E-state index contributed by atoms with van der Waals surface area (Å²) in [6.07, 6.45) is 0.648. The second-order valence-electron chi connectivity index (χ2n) is 5.44. The van der Waals surface area contributed by atoms with Gasteiger partial charge < -0.3 is 10.2 Å². The molecule has 0 atom stereocenters. The number of alkyl halides is 1. The number of nitrogens with one attached hydrogen (secondary N) is 1. The van der Waals surface area contributed by atoms with Crippen LogP contribution in [0.1, 0.15) is 22.3 Å². The highest BCUT2D eigenvalue weighted by atomic mass is 35.5. The van der Waals surface area contributed by atoms with Crippen LogP contribution in [0.5, 0.6) is 0 Å². The molecule has 0 bridgehead atoms. The fraction of sp³-hybridized carbons (Fsp3) is 0.263. The summed E-state index contributed by atoms with van der Waals surface area (Å²) in [6.45, 7) is 2.92. The van der Waals surface area contributed by atoms with Gasteiger partial charge >= 0.3 is 0 Å². The van der Waals surface area contributed by atoms with Crippen molar-refractivity contribution < 1.29 is 9.59 Å². The molecule has 0 spiro atoms. The van der Waals surface area contributed by atoms with E-state index in [0.717, 1.165) is 11.3 Å². The van der Waals surface area contributed by atoms with Crippen LogP contribution in [-0.4, -0.2) is 30.8 Å². The van der Waals surface area contributed by atoms with Crippen molar-refractivity contribution in [2.24, 2.45) is 0 Å². The van der Waals surface area contributed by atoms with E-state index in [1.807, 2.05) is 61.5 Å². The van der Waals surface area contributed by atoms with Crippen molar-refractivity contribution >= 4 is 29.1 Å². The van der Waals surface area contributed by atoms with Crippen LogP contribution >= 0.6 is 11.6 Å². The monoisotopic (exact) mass is 344 g/mol. The first-order valence-electron chi connectivity index (χ1n) is 7.88. The lowest BCUT2D eigenvalue weighted by molar-refractivity contribution is -0.118. The van der Waals surface area contributed by atoms with Gasteiger partial charge in [0.15, 0.2) is 0 Å². The highest BCUT2D eigenvalue weighted by molar-refractivity contribution is 6.27. The van der Waals surface area contributed by atoms with Crippen LogP contribution in [0.4, 0.5) is 5.69 Å². The molecule has 4 nitrogen and oxygen atoms in total. The predicted octanol–water partition coefficient (Wildman–Crippen LogP) is 3.39. The Bertz CT molecular complexity index is 689. The van der Waals surface area contributed by atoms with Crippen LogP contribution in [0, 0.1) is 6.92 Å². The highest BCUT2D eigenvalue weighted by Crippen LogP contribution is 2.19. The van der Waals surface area contributed by atoms with Crippen molar-refractivity contribution in [3.63, 3.8) is 0 Å². The quantitative estimate of drug-likeness (QED) is 0.618. The number of anilines is 1. The van der Waals surface area contributed by atoms with Crippen molar-refractivity contribution in [3.8, 4) is 0 Å².